The van der Waals surface area contributed by atoms with E-state index >= 15 is 0 Å². The molecular formula is C8H9KO2. The average molecular weight is 176 g/mol. The number of rotatable bonds is 1. The van der Waals surface area contributed by atoms with Crippen LogP contribution in [0, 0.1) is 0 Å². The minimum atomic E-state index is 0. The summed E-state index contributed by atoms with van der Waals surface area (Å²) in [5.41, 5.74) is 0.623. The first-order valence-corrected chi connectivity index (χ1v) is 3.00. The van der Waals surface area contributed by atoms with Crippen LogP contribution < -0.4 is 51.4 Å². The van der Waals surface area contributed by atoms with Crippen LogP contribution in [0.3, 0.4) is 0 Å². The SMILES string of the molecule is CC(=O)c1ccc(O)cc1.[H-].[K+]. The van der Waals surface area contributed by atoms with Gasteiger partial charge in [-0.05, 0) is 31.2 Å². The first-order chi connectivity index (χ1) is 4.70. The van der Waals surface area contributed by atoms with Crippen molar-refractivity contribution < 1.29 is 62.7 Å². The Hall–Kier alpha value is 0.326. The third-order valence-corrected chi connectivity index (χ3v) is 1.27. The van der Waals surface area contributed by atoms with Crippen molar-refractivity contribution in [3.05, 3.63) is 29.8 Å². The van der Waals surface area contributed by atoms with Gasteiger partial charge in [-0.3, -0.25) is 4.79 Å². The zero-order valence-electron chi connectivity index (χ0n) is 7.66. The summed E-state index contributed by atoms with van der Waals surface area (Å²) >= 11 is 0. The van der Waals surface area contributed by atoms with Gasteiger partial charge in [-0.1, -0.05) is 0 Å². The van der Waals surface area contributed by atoms with Gasteiger partial charge in [-0.15, -0.1) is 0 Å². The summed E-state index contributed by atoms with van der Waals surface area (Å²) in [6, 6.07) is 6.18. The van der Waals surface area contributed by atoms with Crippen molar-refractivity contribution in [3.8, 4) is 5.75 Å². The van der Waals surface area contributed by atoms with Gasteiger partial charge >= 0.3 is 51.4 Å². The molecule has 1 aromatic carbocycles. The van der Waals surface area contributed by atoms with Crippen molar-refractivity contribution >= 4 is 5.78 Å². The predicted molar refractivity (Wildman–Crippen MR) is 39.2 cm³/mol. The fourth-order valence-electron chi connectivity index (χ4n) is 0.696. The van der Waals surface area contributed by atoms with Gasteiger partial charge in [0.15, 0.2) is 5.78 Å². The van der Waals surface area contributed by atoms with Gasteiger partial charge in [0.2, 0.25) is 0 Å². The largest absolute Gasteiger partial charge is 1.00 e. The number of carbonyl (C=O) groups is 1. The summed E-state index contributed by atoms with van der Waals surface area (Å²) in [4.78, 5) is 10.7. The second-order valence-corrected chi connectivity index (χ2v) is 2.10. The van der Waals surface area contributed by atoms with E-state index in [0.717, 1.165) is 0 Å². The molecule has 0 saturated heterocycles. The fraction of sp³-hybridized carbons (Fsp3) is 0.125. The Morgan fingerprint density at radius 2 is 1.82 bits per heavy atom. The van der Waals surface area contributed by atoms with Crippen LogP contribution in [0.2, 0.25) is 0 Å². The van der Waals surface area contributed by atoms with E-state index in [2.05, 4.69) is 0 Å². The Kier molecular flexibility index (Phi) is 5.21. The number of aromatic hydroxyl groups is 1. The minimum absolute atomic E-state index is 0. The van der Waals surface area contributed by atoms with Crippen LogP contribution in [0.25, 0.3) is 0 Å². The molecule has 0 atom stereocenters. The quantitative estimate of drug-likeness (QED) is 0.427. The van der Waals surface area contributed by atoms with E-state index in [1.165, 1.54) is 19.1 Å². The standard InChI is InChI=1S/C8H8O2.K.H/c1-6(9)7-2-4-8(10)5-3-7;;/h2-5,10H,1H3;;/q;+1;-1. The van der Waals surface area contributed by atoms with Crippen LogP contribution in [-0.4, -0.2) is 10.9 Å². The van der Waals surface area contributed by atoms with Gasteiger partial charge in [0.1, 0.15) is 5.75 Å². The maximum atomic E-state index is 10.7. The number of Topliss-reactive ketones (excluding diaryl/α,β-unsaturated/α-hetero) is 1. The molecule has 0 radical (unpaired) electrons. The van der Waals surface area contributed by atoms with E-state index in [4.69, 9.17) is 5.11 Å². The van der Waals surface area contributed by atoms with E-state index in [9.17, 15) is 4.79 Å². The molecule has 3 heteroatoms. The molecule has 0 aromatic heterocycles. The van der Waals surface area contributed by atoms with Crippen LogP contribution >= 0.6 is 0 Å². The number of phenolic OH excluding ortho intramolecular Hbond substituents is 1. The topological polar surface area (TPSA) is 37.3 Å². The van der Waals surface area contributed by atoms with E-state index in [1.807, 2.05) is 0 Å². The van der Waals surface area contributed by atoms with E-state index in [0.29, 0.717) is 5.56 Å². The van der Waals surface area contributed by atoms with Gasteiger partial charge in [0, 0.05) is 5.56 Å². The molecule has 0 aliphatic carbocycles. The Balaban J connectivity index is 0. The van der Waals surface area contributed by atoms with E-state index in [1.54, 1.807) is 12.1 Å². The molecule has 1 rings (SSSR count). The van der Waals surface area contributed by atoms with E-state index in [-0.39, 0.29) is 64.3 Å². The Morgan fingerprint density at radius 1 is 1.36 bits per heavy atom. The van der Waals surface area contributed by atoms with Gasteiger partial charge in [-0.2, -0.15) is 0 Å². The molecule has 0 unspecified atom stereocenters. The summed E-state index contributed by atoms with van der Waals surface area (Å²) in [6.45, 7) is 1.49. The van der Waals surface area contributed by atoms with Gasteiger partial charge in [0.05, 0.1) is 0 Å². The first kappa shape index (κ1) is 11.3. The number of benzene rings is 1. The number of carbonyl (C=O) groups excluding carboxylic acids is 1. The summed E-state index contributed by atoms with van der Waals surface area (Å²) in [6.07, 6.45) is 0. The summed E-state index contributed by atoms with van der Waals surface area (Å²) in [5, 5.41) is 8.83. The number of hydrogen-bond donors (Lipinski definition) is 1. The molecule has 0 aliphatic rings. The number of hydrogen-bond acceptors (Lipinski definition) is 2. The Bertz CT molecular complexity index is 246. The summed E-state index contributed by atoms with van der Waals surface area (Å²) in [7, 11) is 0. The number of ketones is 1. The molecule has 54 valence electrons. The minimum Gasteiger partial charge on any atom is -1.00 e. The normalized spacial score (nSPS) is 8.45. The zero-order chi connectivity index (χ0) is 7.56. The molecule has 11 heavy (non-hydrogen) atoms. The molecule has 1 N–H and O–H groups in total. The van der Waals surface area contributed by atoms with Crippen LogP contribution in [0.15, 0.2) is 24.3 Å². The molecule has 0 spiro atoms. The van der Waals surface area contributed by atoms with Crippen LogP contribution in [0.4, 0.5) is 0 Å². The van der Waals surface area contributed by atoms with Crippen LogP contribution in [-0.2, 0) is 0 Å². The Labute approximate surface area is 110 Å². The molecule has 0 amide bonds. The molecule has 0 heterocycles. The molecule has 0 aliphatic heterocycles. The fourth-order valence-corrected chi connectivity index (χ4v) is 0.696. The third-order valence-electron chi connectivity index (χ3n) is 1.27. The van der Waals surface area contributed by atoms with Crippen molar-refractivity contribution in [1.82, 2.24) is 0 Å². The zero-order valence-corrected chi connectivity index (χ0v) is 9.79. The van der Waals surface area contributed by atoms with Gasteiger partial charge in [0.25, 0.3) is 0 Å². The molecule has 0 saturated carbocycles. The second-order valence-electron chi connectivity index (χ2n) is 2.10. The monoisotopic (exact) mass is 176 g/mol. The predicted octanol–water partition coefficient (Wildman–Crippen LogP) is -1.29. The van der Waals surface area contributed by atoms with Crippen molar-refractivity contribution in [2.45, 2.75) is 6.92 Å². The molecular weight excluding hydrogens is 167 g/mol. The van der Waals surface area contributed by atoms with Gasteiger partial charge < -0.3 is 6.53 Å². The maximum Gasteiger partial charge on any atom is 1.00 e. The maximum absolute atomic E-state index is 10.7. The van der Waals surface area contributed by atoms with E-state index < -0.39 is 0 Å². The van der Waals surface area contributed by atoms with Crippen molar-refractivity contribution in [2.24, 2.45) is 0 Å². The third kappa shape index (κ3) is 3.49. The molecule has 1 aromatic rings. The van der Waals surface area contributed by atoms with Crippen molar-refractivity contribution in [1.29, 1.82) is 0 Å². The molecule has 0 bridgehead atoms. The van der Waals surface area contributed by atoms with Crippen LogP contribution in [0.5, 0.6) is 5.75 Å². The summed E-state index contributed by atoms with van der Waals surface area (Å²) < 4.78 is 0. The smallest absolute Gasteiger partial charge is 1.00 e. The van der Waals surface area contributed by atoms with Crippen molar-refractivity contribution in [3.63, 3.8) is 0 Å². The molecule has 2 nitrogen and oxygen atoms in total. The average Bonchev–Trinajstić information content (AvgIpc) is 1.88. The number of phenols is 1. The Morgan fingerprint density at radius 3 is 2.18 bits per heavy atom. The van der Waals surface area contributed by atoms with Gasteiger partial charge in [-0.25, -0.2) is 0 Å². The first-order valence-electron chi connectivity index (χ1n) is 3.00. The molecule has 0 fully saturated rings. The van der Waals surface area contributed by atoms with Crippen LogP contribution in [0.1, 0.15) is 18.7 Å². The second kappa shape index (κ2) is 5.06. The van der Waals surface area contributed by atoms with Crippen molar-refractivity contribution in [2.75, 3.05) is 0 Å². The summed E-state index contributed by atoms with van der Waals surface area (Å²) in [5.74, 6) is 0.199.